The largest absolute Gasteiger partial charge is 0.496 e. The number of hydrogen-bond acceptors (Lipinski definition) is 3. The van der Waals surface area contributed by atoms with Crippen LogP contribution < -0.4 is 14.5 Å². The number of hydrogen-bond donors (Lipinski definition) is 2. The van der Waals surface area contributed by atoms with Gasteiger partial charge in [0, 0.05) is 16.6 Å². The number of thiazole rings is 1. The van der Waals surface area contributed by atoms with E-state index in [0.29, 0.717) is 11.3 Å². The molecule has 2 heterocycles. The van der Waals surface area contributed by atoms with Gasteiger partial charge in [-0.15, -0.1) is 0 Å². The molecule has 0 bridgehead atoms. The molecule has 0 aliphatic carbocycles. The summed E-state index contributed by atoms with van der Waals surface area (Å²) in [7, 11) is 1.56. The summed E-state index contributed by atoms with van der Waals surface area (Å²) in [5, 5.41) is 4.96. The van der Waals surface area contributed by atoms with Gasteiger partial charge in [-0.05, 0) is 24.3 Å². The van der Waals surface area contributed by atoms with Crippen LogP contribution in [-0.2, 0) is 0 Å². The second-order valence-electron chi connectivity index (χ2n) is 5.52. The van der Waals surface area contributed by atoms with Crippen LogP contribution in [0.25, 0.3) is 16.2 Å². The third-order valence-corrected chi connectivity index (χ3v) is 4.72. The number of methoxy groups -OCH3 is 1. The third kappa shape index (κ3) is 2.99. The van der Waals surface area contributed by atoms with Crippen molar-refractivity contribution >= 4 is 27.9 Å². The van der Waals surface area contributed by atoms with E-state index in [4.69, 9.17) is 4.74 Å². The maximum Gasteiger partial charge on any atom is 0.343 e. The van der Waals surface area contributed by atoms with E-state index < -0.39 is 0 Å². The number of carbonyl (C=O) groups excluding carboxylic acids is 1. The lowest BCUT2D eigenvalue weighted by atomic mass is 10.1. The van der Waals surface area contributed by atoms with Gasteiger partial charge in [0.15, 0.2) is 5.69 Å². The average molecular weight is 350 g/mol. The van der Waals surface area contributed by atoms with Crippen LogP contribution >= 0.6 is 11.3 Å². The van der Waals surface area contributed by atoms with Crippen molar-refractivity contribution in [3.05, 3.63) is 71.9 Å². The highest BCUT2D eigenvalue weighted by molar-refractivity contribution is 7.14. The molecule has 4 rings (SSSR count). The summed E-state index contributed by atoms with van der Waals surface area (Å²) in [5.74, 6) is 0.355. The van der Waals surface area contributed by atoms with Crippen molar-refractivity contribution < 1.29 is 13.9 Å². The predicted octanol–water partition coefficient (Wildman–Crippen LogP) is 3.74. The number of aromatic amines is 1. The number of anilines is 1. The van der Waals surface area contributed by atoms with Gasteiger partial charge in [0.1, 0.15) is 18.1 Å². The third-order valence-electron chi connectivity index (χ3n) is 3.93. The molecule has 0 radical (unpaired) electrons. The summed E-state index contributed by atoms with van der Waals surface area (Å²) in [6.07, 6.45) is 4.04. The average Bonchev–Trinajstić information content (AvgIpc) is 3.24. The van der Waals surface area contributed by atoms with Crippen molar-refractivity contribution in [2.24, 2.45) is 0 Å². The van der Waals surface area contributed by atoms with E-state index in [2.05, 4.69) is 10.3 Å². The molecule has 0 aliphatic rings. The number of rotatable bonds is 4. The number of imidazole rings is 1. The molecular weight excluding hydrogens is 334 g/mol. The zero-order chi connectivity index (χ0) is 17.2. The minimum Gasteiger partial charge on any atom is -0.496 e. The van der Waals surface area contributed by atoms with Gasteiger partial charge in [-0.2, -0.15) is 4.40 Å². The Hall–Kier alpha value is -3.12. The maximum atomic E-state index is 12.5. The molecule has 124 valence electrons. The van der Waals surface area contributed by atoms with Gasteiger partial charge in [0.05, 0.1) is 12.7 Å². The standard InChI is InChI=1S/C19H15N3O2S/c1-24-17-8-3-2-7-15(17)18(23)20-14-6-4-5-13(11-14)16-12-22-9-10-25-19(22)21-16/h2-12H,1H3,(H,20,23)/p+1. The van der Waals surface area contributed by atoms with Crippen molar-refractivity contribution in [1.29, 1.82) is 0 Å². The molecule has 5 nitrogen and oxygen atoms in total. The Kier molecular flexibility index (Phi) is 3.95. The Morgan fingerprint density at radius 3 is 2.92 bits per heavy atom. The number of amides is 1. The van der Waals surface area contributed by atoms with Crippen molar-refractivity contribution in [3.63, 3.8) is 0 Å². The Bertz CT molecular complexity index is 1020. The molecule has 0 atom stereocenters. The normalized spacial score (nSPS) is 10.8. The fraction of sp³-hybridized carbons (Fsp3) is 0.0526. The first kappa shape index (κ1) is 15.4. The van der Waals surface area contributed by atoms with Gasteiger partial charge in [-0.1, -0.05) is 35.6 Å². The number of aromatic nitrogens is 2. The molecule has 0 saturated heterocycles. The first-order chi connectivity index (χ1) is 12.2. The lowest BCUT2D eigenvalue weighted by molar-refractivity contribution is -0.505. The van der Waals surface area contributed by atoms with E-state index >= 15 is 0 Å². The molecule has 0 spiro atoms. The SMILES string of the molecule is COc1ccccc1C(=O)Nc1cccc(-c2c[n+]3ccsc3[nH]2)c1. The van der Waals surface area contributed by atoms with Crippen molar-refractivity contribution in [2.45, 2.75) is 0 Å². The van der Waals surface area contributed by atoms with Gasteiger partial charge in [-0.3, -0.25) is 4.79 Å². The smallest absolute Gasteiger partial charge is 0.343 e. The highest BCUT2D eigenvalue weighted by atomic mass is 32.1. The van der Waals surface area contributed by atoms with Crippen LogP contribution in [0.5, 0.6) is 5.75 Å². The minimum atomic E-state index is -0.198. The van der Waals surface area contributed by atoms with E-state index in [9.17, 15) is 4.79 Å². The number of fused-ring (bicyclic) bond motifs is 1. The summed E-state index contributed by atoms with van der Waals surface area (Å²) in [5.41, 5.74) is 3.25. The zero-order valence-electron chi connectivity index (χ0n) is 13.5. The van der Waals surface area contributed by atoms with E-state index in [1.54, 1.807) is 30.6 Å². The number of ether oxygens (including phenoxy) is 1. The molecule has 25 heavy (non-hydrogen) atoms. The summed E-state index contributed by atoms with van der Waals surface area (Å²) >= 11 is 1.64. The Balaban J connectivity index is 1.61. The molecule has 4 aromatic rings. The number of H-pyrrole nitrogens is 1. The van der Waals surface area contributed by atoms with Crippen LogP contribution in [0.4, 0.5) is 5.69 Å². The van der Waals surface area contributed by atoms with Crippen LogP contribution in [0.15, 0.2) is 66.3 Å². The van der Waals surface area contributed by atoms with Crippen LogP contribution in [0.3, 0.4) is 0 Å². The fourth-order valence-corrected chi connectivity index (χ4v) is 3.44. The van der Waals surface area contributed by atoms with Crippen molar-refractivity contribution in [2.75, 3.05) is 12.4 Å². The second kappa shape index (κ2) is 6.41. The van der Waals surface area contributed by atoms with Crippen LogP contribution in [0, 0.1) is 0 Å². The van der Waals surface area contributed by atoms with Crippen LogP contribution in [0.1, 0.15) is 10.4 Å². The van der Waals surface area contributed by atoms with E-state index in [0.717, 1.165) is 21.9 Å². The molecule has 6 heteroatoms. The fourth-order valence-electron chi connectivity index (χ4n) is 2.71. The first-order valence-corrected chi connectivity index (χ1v) is 8.65. The molecule has 0 saturated carbocycles. The first-order valence-electron chi connectivity index (χ1n) is 7.77. The number of carbonyl (C=O) groups is 1. The molecule has 0 aliphatic heterocycles. The van der Waals surface area contributed by atoms with E-state index in [1.807, 2.05) is 58.6 Å². The van der Waals surface area contributed by atoms with Gasteiger partial charge >= 0.3 is 4.96 Å². The molecule has 0 unspecified atom stereocenters. The highest BCUT2D eigenvalue weighted by Crippen LogP contribution is 2.23. The molecule has 1 amide bonds. The highest BCUT2D eigenvalue weighted by Gasteiger charge is 2.14. The zero-order valence-corrected chi connectivity index (χ0v) is 14.3. The summed E-state index contributed by atoms with van der Waals surface area (Å²) < 4.78 is 7.30. The molecule has 2 aromatic carbocycles. The summed E-state index contributed by atoms with van der Waals surface area (Å²) in [6, 6.07) is 14.9. The topological polar surface area (TPSA) is 58.2 Å². The lowest BCUT2D eigenvalue weighted by Gasteiger charge is -2.09. The van der Waals surface area contributed by atoms with Gasteiger partial charge < -0.3 is 10.1 Å². The second-order valence-corrected chi connectivity index (χ2v) is 6.41. The van der Waals surface area contributed by atoms with E-state index in [-0.39, 0.29) is 5.91 Å². The summed E-state index contributed by atoms with van der Waals surface area (Å²) in [4.78, 5) is 17.0. The molecule has 0 fully saturated rings. The Morgan fingerprint density at radius 2 is 2.08 bits per heavy atom. The quantitative estimate of drug-likeness (QED) is 0.551. The lowest BCUT2D eigenvalue weighted by Crippen LogP contribution is -2.13. The molecular formula is C19H16N3O2S+. The van der Waals surface area contributed by atoms with Gasteiger partial charge in [0.2, 0.25) is 0 Å². The number of nitrogens with one attached hydrogen (secondary N) is 2. The minimum absolute atomic E-state index is 0.198. The number of para-hydroxylation sites is 1. The van der Waals surface area contributed by atoms with Crippen molar-refractivity contribution in [1.82, 2.24) is 4.98 Å². The van der Waals surface area contributed by atoms with Gasteiger partial charge in [0.25, 0.3) is 5.91 Å². The monoisotopic (exact) mass is 350 g/mol. The number of nitrogens with zero attached hydrogens (tertiary/aromatic N) is 1. The predicted molar refractivity (Wildman–Crippen MR) is 98.2 cm³/mol. The van der Waals surface area contributed by atoms with Crippen LogP contribution in [-0.4, -0.2) is 18.0 Å². The van der Waals surface area contributed by atoms with Crippen LogP contribution in [0.2, 0.25) is 0 Å². The molecule has 2 aromatic heterocycles. The summed E-state index contributed by atoms with van der Waals surface area (Å²) in [6.45, 7) is 0. The Morgan fingerprint density at radius 1 is 1.20 bits per heavy atom. The van der Waals surface area contributed by atoms with Gasteiger partial charge in [-0.25, -0.2) is 4.98 Å². The van der Waals surface area contributed by atoms with Crippen molar-refractivity contribution in [3.8, 4) is 17.0 Å². The Labute approximate surface area is 148 Å². The molecule has 2 N–H and O–H groups in total. The van der Waals surface area contributed by atoms with E-state index in [1.165, 1.54) is 0 Å². The number of benzene rings is 2. The maximum absolute atomic E-state index is 12.5.